The zero-order valence-electron chi connectivity index (χ0n) is 6.49. The molecule has 0 aromatic heterocycles. The average molecular weight is 234 g/mol. The van der Waals surface area contributed by atoms with Crippen LogP contribution in [0, 0.1) is 0 Å². The summed E-state index contributed by atoms with van der Waals surface area (Å²) in [6.07, 6.45) is 0.850. The van der Waals surface area contributed by atoms with E-state index >= 15 is 0 Å². The van der Waals surface area contributed by atoms with Gasteiger partial charge in [0.05, 0.1) is 0 Å². The molecule has 0 rings (SSSR count). The van der Waals surface area contributed by atoms with Crippen LogP contribution in [0.4, 0.5) is 4.39 Å². The van der Waals surface area contributed by atoms with Gasteiger partial charge in [-0.3, -0.25) is 0 Å². The molecule has 0 aliphatic heterocycles. The van der Waals surface area contributed by atoms with Crippen LogP contribution in [0.15, 0.2) is 0 Å². The fraction of sp³-hybridized carbons (Fsp3) is 1.00. The van der Waals surface area contributed by atoms with Gasteiger partial charge in [0.15, 0.2) is 0 Å². The molecule has 0 heterocycles. The molecule has 0 aromatic carbocycles. The van der Waals surface area contributed by atoms with Gasteiger partial charge in [-0.1, -0.05) is 0 Å². The summed E-state index contributed by atoms with van der Waals surface area (Å²) >= 11 is -1.07. The zero-order valence-corrected chi connectivity index (χ0v) is 9.79. The predicted molar refractivity (Wildman–Crippen MR) is 42.1 cm³/mol. The second-order valence-electron chi connectivity index (χ2n) is 2.51. The first-order valence-corrected chi connectivity index (χ1v) is 10.9. The van der Waals surface area contributed by atoms with Gasteiger partial charge in [-0.05, 0) is 0 Å². The van der Waals surface area contributed by atoms with Crippen molar-refractivity contribution < 1.29 is 4.39 Å². The van der Waals surface area contributed by atoms with Crippen molar-refractivity contribution in [3.8, 4) is 0 Å². The summed E-state index contributed by atoms with van der Waals surface area (Å²) in [6.45, 7) is 4.44. The Labute approximate surface area is 65.4 Å². The third kappa shape index (κ3) is 5.25. The molecule has 2 heteroatoms. The first-order chi connectivity index (χ1) is 4.35. The summed E-state index contributed by atoms with van der Waals surface area (Å²) in [5.41, 5.74) is 0. The van der Waals surface area contributed by atoms with Gasteiger partial charge < -0.3 is 0 Å². The zero-order chi connectivity index (χ0) is 7.11. The maximum absolute atomic E-state index is 11.7. The van der Waals surface area contributed by atoms with Crippen LogP contribution in [0.3, 0.4) is 0 Å². The van der Waals surface area contributed by atoms with Gasteiger partial charge in [0.1, 0.15) is 0 Å². The van der Waals surface area contributed by atoms with E-state index in [4.69, 9.17) is 0 Å². The second kappa shape index (κ2) is 6.91. The van der Waals surface area contributed by atoms with E-state index in [-0.39, 0.29) is 6.67 Å². The van der Waals surface area contributed by atoms with Crippen LogP contribution < -0.4 is 0 Å². The van der Waals surface area contributed by atoms with Crippen molar-refractivity contribution in [2.24, 2.45) is 0 Å². The molecule has 0 N–H and O–H groups in total. The van der Waals surface area contributed by atoms with Gasteiger partial charge >= 0.3 is 65.3 Å². The van der Waals surface area contributed by atoms with Gasteiger partial charge in [-0.25, -0.2) is 0 Å². The number of alkyl halides is 1. The molecule has 0 bridgehead atoms. The van der Waals surface area contributed by atoms with E-state index < -0.39 is 21.4 Å². The minimum atomic E-state index is -1.07. The Morgan fingerprint density at radius 2 is 1.78 bits per heavy atom. The minimum absolute atomic E-state index is 0.0899. The van der Waals surface area contributed by atoms with Gasteiger partial charge in [0, 0.05) is 0 Å². The summed E-state index contributed by atoms with van der Waals surface area (Å²) in [6, 6.07) is 0. The first-order valence-electron chi connectivity index (χ1n) is 3.91. The summed E-state index contributed by atoms with van der Waals surface area (Å²) in [5.74, 6) is 0. The van der Waals surface area contributed by atoms with Crippen LogP contribution in [0.25, 0.3) is 0 Å². The van der Waals surface area contributed by atoms with Crippen molar-refractivity contribution >= 4 is 21.4 Å². The molecule has 0 aliphatic carbocycles. The Hall–Kier alpha value is 0.800. The van der Waals surface area contributed by atoms with Gasteiger partial charge in [-0.2, -0.15) is 0 Å². The van der Waals surface area contributed by atoms with Crippen LogP contribution >= 0.6 is 0 Å². The molecule has 0 saturated heterocycles. The molecule has 54 valence electrons. The SMILES string of the molecule is C[CH2][In]([CH2]C)[CH2]CCF. The summed E-state index contributed by atoms with van der Waals surface area (Å²) in [4.78, 5) is 0. The van der Waals surface area contributed by atoms with Gasteiger partial charge in [-0.15, -0.1) is 0 Å². The molecule has 0 unspecified atom stereocenters. The Balaban J connectivity index is 3.09. The molecule has 0 spiro atoms. The van der Waals surface area contributed by atoms with Crippen LogP contribution in [0.5, 0.6) is 0 Å². The molecule has 0 atom stereocenters. The molecule has 0 aromatic rings. The van der Waals surface area contributed by atoms with Crippen molar-refractivity contribution in [2.75, 3.05) is 6.67 Å². The molecule has 0 saturated carbocycles. The molecule has 0 radical (unpaired) electrons. The monoisotopic (exact) mass is 234 g/mol. The van der Waals surface area contributed by atoms with Crippen molar-refractivity contribution in [3.63, 3.8) is 0 Å². The third-order valence-corrected chi connectivity index (χ3v) is 12.0. The van der Waals surface area contributed by atoms with Crippen molar-refractivity contribution in [3.05, 3.63) is 0 Å². The third-order valence-electron chi connectivity index (χ3n) is 1.90. The van der Waals surface area contributed by atoms with E-state index in [0.717, 1.165) is 6.42 Å². The summed E-state index contributed by atoms with van der Waals surface area (Å²) < 4.78 is 15.8. The molecule has 0 fully saturated rings. The quantitative estimate of drug-likeness (QED) is 0.686. The Kier molecular flexibility index (Phi) is 7.53. The molecular weight excluding hydrogens is 218 g/mol. The standard InChI is InChI=1S/C3H6F.2C2H5.In/c1-2-3-4;2*1-2;/h1-3H2;2*1H2,2H3;. The van der Waals surface area contributed by atoms with E-state index in [2.05, 4.69) is 13.8 Å². The van der Waals surface area contributed by atoms with Gasteiger partial charge in [0.25, 0.3) is 0 Å². The van der Waals surface area contributed by atoms with Crippen molar-refractivity contribution in [1.82, 2.24) is 0 Å². The molecule has 0 nitrogen and oxygen atoms in total. The maximum atomic E-state index is 11.7. The first kappa shape index (κ1) is 9.80. The van der Waals surface area contributed by atoms with Crippen LogP contribution in [0.2, 0.25) is 12.5 Å². The van der Waals surface area contributed by atoms with E-state index in [0.29, 0.717) is 0 Å². The molecule has 0 aliphatic rings. The van der Waals surface area contributed by atoms with Crippen LogP contribution in [0.1, 0.15) is 20.3 Å². The van der Waals surface area contributed by atoms with Gasteiger partial charge in [0.2, 0.25) is 0 Å². The molecular formula is C7H16FIn. The van der Waals surface area contributed by atoms with E-state index in [1.54, 1.807) is 0 Å². The summed E-state index contributed by atoms with van der Waals surface area (Å²) in [7, 11) is 0. The normalized spacial score (nSPS) is 9.67. The fourth-order valence-corrected chi connectivity index (χ4v) is 7.13. The van der Waals surface area contributed by atoms with E-state index in [1.807, 2.05) is 0 Å². The van der Waals surface area contributed by atoms with Crippen molar-refractivity contribution in [2.45, 2.75) is 32.8 Å². The number of rotatable bonds is 5. The number of hydrogen-bond donors (Lipinski definition) is 0. The van der Waals surface area contributed by atoms with Crippen molar-refractivity contribution in [1.29, 1.82) is 0 Å². The number of halogens is 1. The van der Waals surface area contributed by atoms with E-state index in [1.165, 1.54) is 12.5 Å². The Morgan fingerprint density at radius 1 is 1.22 bits per heavy atom. The Bertz CT molecular complexity index is 52.9. The van der Waals surface area contributed by atoms with E-state index in [9.17, 15) is 4.39 Å². The summed E-state index contributed by atoms with van der Waals surface area (Å²) in [5, 5.41) is 0. The van der Waals surface area contributed by atoms with Crippen LogP contribution in [-0.2, 0) is 0 Å². The second-order valence-corrected chi connectivity index (χ2v) is 13.8. The molecule has 0 amide bonds. The van der Waals surface area contributed by atoms with Crippen LogP contribution in [-0.4, -0.2) is 28.1 Å². The Morgan fingerprint density at radius 3 is 2.11 bits per heavy atom. The fourth-order valence-electron chi connectivity index (χ4n) is 1.06. The molecule has 9 heavy (non-hydrogen) atoms. The predicted octanol–water partition coefficient (Wildman–Crippen LogP) is 2.88. The average Bonchev–Trinajstić information content (AvgIpc) is 1.91. The topological polar surface area (TPSA) is 0 Å². The number of hydrogen-bond acceptors (Lipinski definition) is 0.